The molecule has 19 heavy (non-hydrogen) atoms. The van der Waals surface area contributed by atoms with Gasteiger partial charge in [0.05, 0.1) is 5.56 Å². The van der Waals surface area contributed by atoms with Crippen molar-refractivity contribution in [3.63, 3.8) is 0 Å². The first kappa shape index (κ1) is 15.7. The van der Waals surface area contributed by atoms with Crippen molar-refractivity contribution < 1.29 is 4.79 Å². The molecule has 0 spiro atoms. The van der Waals surface area contributed by atoms with E-state index in [0.29, 0.717) is 6.54 Å². The molecule has 0 saturated heterocycles. The van der Waals surface area contributed by atoms with Crippen LogP contribution in [0, 0.1) is 5.41 Å². The Morgan fingerprint density at radius 2 is 2.05 bits per heavy atom. The molecule has 0 radical (unpaired) electrons. The molecule has 0 aliphatic heterocycles. The molecule has 2 aromatic rings. The van der Waals surface area contributed by atoms with Gasteiger partial charge in [-0.1, -0.05) is 28.1 Å². The molecule has 0 saturated carbocycles. The minimum atomic E-state index is -0.580. The van der Waals surface area contributed by atoms with Gasteiger partial charge in [0.2, 0.25) is 0 Å². The number of carbonyl (C=O) groups excluding carboxylic acids is 1. The van der Waals surface area contributed by atoms with E-state index in [2.05, 4.69) is 15.9 Å². The second-order valence-corrected chi connectivity index (χ2v) is 4.81. The summed E-state index contributed by atoms with van der Waals surface area (Å²) in [5.74, 6) is -0.580. The Morgan fingerprint density at radius 3 is 2.68 bits per heavy atom. The van der Waals surface area contributed by atoms with Crippen molar-refractivity contribution in [3.8, 4) is 0 Å². The molecule has 1 aromatic heterocycles. The molecule has 1 heterocycles. The van der Waals surface area contributed by atoms with Gasteiger partial charge in [0.25, 0.3) is 5.91 Å². The number of primary amides is 1. The van der Waals surface area contributed by atoms with Gasteiger partial charge >= 0.3 is 0 Å². The predicted octanol–water partition coefficient (Wildman–Crippen LogP) is 2.46. The maximum Gasteiger partial charge on any atom is 0.252 e. The number of rotatable bonds is 3. The monoisotopic (exact) mass is 385 g/mol. The van der Waals surface area contributed by atoms with Gasteiger partial charge in [0, 0.05) is 17.2 Å². The number of amides is 1. The number of nitrogens with two attached hydrogens (primary N) is 1. The van der Waals surface area contributed by atoms with Crippen molar-refractivity contribution in [2.24, 2.45) is 5.73 Å². The van der Waals surface area contributed by atoms with Gasteiger partial charge in [-0.15, -0.1) is 17.0 Å². The number of carbonyl (C=O) groups is 1. The summed E-state index contributed by atoms with van der Waals surface area (Å²) in [6.45, 7) is 0.527. The fraction of sp³-hybridized carbons (Fsp3) is 0.0769. The Morgan fingerprint density at radius 1 is 1.32 bits per heavy atom. The van der Waals surface area contributed by atoms with Crippen LogP contribution >= 0.6 is 32.9 Å². The minimum absolute atomic E-state index is 0. The van der Waals surface area contributed by atoms with Gasteiger partial charge in [-0.25, -0.2) is 0 Å². The standard InChI is InChI=1S/C13H12BrN3O.BrH/c14-10-4-1-3-9(7-10)8-17-6-2-5-11(12(17)15)13(16)18;/h1-7,15H,8H2,(H2,16,18);1H. The maximum absolute atomic E-state index is 11.2. The smallest absolute Gasteiger partial charge is 0.252 e. The minimum Gasteiger partial charge on any atom is -0.365 e. The zero-order chi connectivity index (χ0) is 13.1. The summed E-state index contributed by atoms with van der Waals surface area (Å²) in [7, 11) is 0. The lowest BCUT2D eigenvalue weighted by molar-refractivity contribution is 0.0998. The van der Waals surface area contributed by atoms with E-state index in [1.165, 1.54) is 0 Å². The highest BCUT2D eigenvalue weighted by Crippen LogP contribution is 2.12. The van der Waals surface area contributed by atoms with Crippen LogP contribution in [-0.2, 0) is 6.54 Å². The molecule has 4 nitrogen and oxygen atoms in total. The van der Waals surface area contributed by atoms with E-state index in [0.717, 1.165) is 10.0 Å². The Labute approximate surface area is 129 Å². The lowest BCUT2D eigenvalue weighted by Crippen LogP contribution is -2.29. The van der Waals surface area contributed by atoms with Crippen LogP contribution in [0.15, 0.2) is 47.1 Å². The van der Waals surface area contributed by atoms with Crippen LogP contribution in [-0.4, -0.2) is 10.5 Å². The summed E-state index contributed by atoms with van der Waals surface area (Å²) >= 11 is 3.40. The molecule has 0 atom stereocenters. The van der Waals surface area contributed by atoms with Gasteiger partial charge < -0.3 is 10.3 Å². The van der Waals surface area contributed by atoms with E-state index in [4.69, 9.17) is 11.1 Å². The fourth-order valence-electron chi connectivity index (χ4n) is 1.71. The van der Waals surface area contributed by atoms with Gasteiger partial charge in [-0.05, 0) is 29.8 Å². The Balaban J connectivity index is 0.00000180. The first-order chi connectivity index (χ1) is 8.58. The maximum atomic E-state index is 11.2. The summed E-state index contributed by atoms with van der Waals surface area (Å²) in [5.41, 5.74) is 6.63. The number of benzene rings is 1. The Hall–Kier alpha value is -1.40. The Kier molecular flexibility index (Phi) is 5.50. The van der Waals surface area contributed by atoms with Gasteiger partial charge in [0.15, 0.2) is 0 Å². The highest BCUT2D eigenvalue weighted by atomic mass is 79.9. The third-order valence-electron chi connectivity index (χ3n) is 2.58. The van der Waals surface area contributed by atoms with Crippen LogP contribution in [0.2, 0.25) is 0 Å². The average Bonchev–Trinajstić information content (AvgIpc) is 2.31. The summed E-state index contributed by atoms with van der Waals surface area (Å²) in [6, 6.07) is 11.1. The van der Waals surface area contributed by atoms with E-state index in [1.54, 1.807) is 22.9 Å². The van der Waals surface area contributed by atoms with Crippen molar-refractivity contribution in [2.75, 3.05) is 0 Å². The molecule has 0 bridgehead atoms. The van der Waals surface area contributed by atoms with Crippen molar-refractivity contribution in [1.29, 1.82) is 5.41 Å². The molecule has 1 aromatic carbocycles. The quantitative estimate of drug-likeness (QED) is 0.835. The zero-order valence-corrected chi connectivity index (χ0v) is 13.3. The molecular formula is C13H13Br2N3O. The van der Waals surface area contributed by atoms with E-state index in [1.807, 2.05) is 24.3 Å². The average molecular weight is 387 g/mol. The zero-order valence-electron chi connectivity index (χ0n) is 9.97. The summed E-state index contributed by atoms with van der Waals surface area (Å²) in [6.07, 6.45) is 1.76. The van der Waals surface area contributed by atoms with Crippen LogP contribution in [0.4, 0.5) is 0 Å². The molecule has 1 amide bonds. The van der Waals surface area contributed by atoms with Crippen LogP contribution in [0.5, 0.6) is 0 Å². The molecule has 0 fully saturated rings. The molecule has 3 N–H and O–H groups in total. The van der Waals surface area contributed by atoms with Gasteiger partial charge in [-0.2, -0.15) is 0 Å². The number of nitrogens with zero attached hydrogens (tertiary/aromatic N) is 1. The lowest BCUT2D eigenvalue weighted by atomic mass is 10.2. The normalized spacial score (nSPS) is 9.74. The molecule has 6 heteroatoms. The highest BCUT2D eigenvalue weighted by molar-refractivity contribution is 9.10. The molecule has 0 unspecified atom stereocenters. The summed E-state index contributed by atoms with van der Waals surface area (Å²) in [4.78, 5) is 11.2. The van der Waals surface area contributed by atoms with Crippen molar-refractivity contribution in [3.05, 3.63) is 63.7 Å². The lowest BCUT2D eigenvalue weighted by Gasteiger charge is -2.09. The predicted molar refractivity (Wildman–Crippen MR) is 82.4 cm³/mol. The second kappa shape index (κ2) is 6.68. The summed E-state index contributed by atoms with van der Waals surface area (Å²) < 4.78 is 2.67. The SMILES string of the molecule is Br.N=c1c(C(N)=O)cccn1Cc1cccc(Br)c1. The summed E-state index contributed by atoms with van der Waals surface area (Å²) in [5, 5.41) is 7.93. The third-order valence-corrected chi connectivity index (χ3v) is 3.07. The molecule has 100 valence electrons. The van der Waals surface area contributed by atoms with Gasteiger partial charge in [0.1, 0.15) is 5.49 Å². The number of aromatic nitrogens is 1. The molecule has 0 aliphatic carbocycles. The first-order valence-corrected chi connectivity index (χ1v) is 6.15. The van der Waals surface area contributed by atoms with Crippen molar-refractivity contribution in [1.82, 2.24) is 4.57 Å². The molecule has 0 aliphatic rings. The molecular weight excluding hydrogens is 374 g/mol. The van der Waals surface area contributed by atoms with E-state index in [9.17, 15) is 4.79 Å². The number of pyridine rings is 1. The topological polar surface area (TPSA) is 71.9 Å². The van der Waals surface area contributed by atoms with Gasteiger partial charge in [-0.3, -0.25) is 10.2 Å². The van der Waals surface area contributed by atoms with E-state index >= 15 is 0 Å². The number of hydrogen-bond acceptors (Lipinski definition) is 2. The van der Waals surface area contributed by atoms with E-state index < -0.39 is 5.91 Å². The highest BCUT2D eigenvalue weighted by Gasteiger charge is 2.05. The Bertz CT molecular complexity index is 652. The second-order valence-electron chi connectivity index (χ2n) is 3.89. The number of hydrogen-bond donors (Lipinski definition) is 2. The van der Waals surface area contributed by atoms with Crippen molar-refractivity contribution in [2.45, 2.75) is 6.54 Å². The van der Waals surface area contributed by atoms with Crippen LogP contribution in [0.25, 0.3) is 0 Å². The number of halogens is 2. The molecule has 2 rings (SSSR count). The van der Waals surface area contributed by atoms with E-state index in [-0.39, 0.29) is 28.0 Å². The number of nitrogens with one attached hydrogen (secondary N) is 1. The largest absolute Gasteiger partial charge is 0.365 e. The van der Waals surface area contributed by atoms with Crippen LogP contribution < -0.4 is 11.2 Å². The fourth-order valence-corrected chi connectivity index (χ4v) is 2.16. The van der Waals surface area contributed by atoms with Crippen molar-refractivity contribution >= 4 is 38.8 Å². The first-order valence-electron chi connectivity index (χ1n) is 5.36. The van der Waals surface area contributed by atoms with Crippen LogP contribution in [0.3, 0.4) is 0 Å². The third kappa shape index (κ3) is 3.78. The van der Waals surface area contributed by atoms with Crippen LogP contribution in [0.1, 0.15) is 15.9 Å².